The van der Waals surface area contributed by atoms with Crippen LogP contribution in [0.4, 0.5) is 11.4 Å². The zero-order valence-electron chi connectivity index (χ0n) is 19.9. The number of carbonyl (C=O) groups is 3. The lowest BCUT2D eigenvalue weighted by Crippen LogP contribution is -2.57. The number of nitrogens with one attached hydrogen (secondary N) is 1. The molecule has 1 aliphatic rings. The number of hydrogen-bond donors (Lipinski definition) is 1. The summed E-state index contributed by atoms with van der Waals surface area (Å²) in [5.74, 6) is -0.662. The molecule has 0 aromatic heterocycles. The molecular weight excluding hydrogens is 420 g/mol. The van der Waals surface area contributed by atoms with E-state index in [1.807, 2.05) is 52.0 Å². The van der Waals surface area contributed by atoms with E-state index in [2.05, 4.69) is 5.32 Å². The molecule has 2 aromatic carbocycles. The molecule has 33 heavy (non-hydrogen) atoms. The standard InChI is InChI=1S/C26H32N2O5/c1-17-9-12-19(13-10-17)28-23(22(8-6-7-15-29)33-26(2,3)4)27-21-16-18(25(31)32-5)11-14-20(21)24(28)30/h9-16,22-23,27H,6-8H2,1-5H3. The summed E-state index contributed by atoms with van der Waals surface area (Å²) in [7, 11) is 1.32. The fraction of sp³-hybridized carbons (Fsp3) is 0.423. The molecule has 0 spiro atoms. The third-order valence-electron chi connectivity index (χ3n) is 5.45. The van der Waals surface area contributed by atoms with Crippen LogP contribution in [0.15, 0.2) is 42.5 Å². The molecule has 1 heterocycles. The summed E-state index contributed by atoms with van der Waals surface area (Å²) >= 11 is 0. The number of fused-ring (bicyclic) bond motifs is 1. The van der Waals surface area contributed by atoms with Gasteiger partial charge in [0.25, 0.3) is 5.91 Å². The maximum atomic E-state index is 13.7. The first kappa shape index (κ1) is 24.5. The number of aryl methyl sites for hydroxylation is 1. The van der Waals surface area contributed by atoms with Crippen LogP contribution in [0.5, 0.6) is 0 Å². The van der Waals surface area contributed by atoms with E-state index < -0.39 is 23.8 Å². The Bertz CT molecular complexity index is 1010. The Kier molecular flexibility index (Phi) is 7.53. The van der Waals surface area contributed by atoms with Gasteiger partial charge in [0, 0.05) is 17.8 Å². The second-order valence-corrected chi connectivity index (χ2v) is 9.22. The molecule has 1 aliphatic heterocycles. The summed E-state index contributed by atoms with van der Waals surface area (Å²) in [6, 6.07) is 12.6. The Morgan fingerprint density at radius 1 is 1.18 bits per heavy atom. The van der Waals surface area contributed by atoms with Gasteiger partial charge in [-0.15, -0.1) is 0 Å². The van der Waals surface area contributed by atoms with E-state index in [0.29, 0.717) is 36.1 Å². The number of aldehydes is 1. The van der Waals surface area contributed by atoms with Crippen molar-refractivity contribution in [3.8, 4) is 0 Å². The quantitative estimate of drug-likeness (QED) is 0.354. The summed E-state index contributed by atoms with van der Waals surface area (Å²) in [4.78, 5) is 38.4. The van der Waals surface area contributed by atoms with Gasteiger partial charge in [0.1, 0.15) is 12.5 Å². The monoisotopic (exact) mass is 452 g/mol. The lowest BCUT2D eigenvalue weighted by Gasteiger charge is -2.43. The number of nitrogens with zero attached hydrogens (tertiary/aromatic N) is 1. The number of ether oxygens (including phenoxy) is 2. The van der Waals surface area contributed by atoms with E-state index in [9.17, 15) is 14.4 Å². The number of rotatable bonds is 8. The van der Waals surface area contributed by atoms with Gasteiger partial charge >= 0.3 is 5.97 Å². The molecule has 0 bridgehead atoms. The van der Waals surface area contributed by atoms with Gasteiger partial charge in [0.2, 0.25) is 0 Å². The summed E-state index contributed by atoms with van der Waals surface area (Å²) in [6.45, 7) is 7.88. The topological polar surface area (TPSA) is 84.9 Å². The highest BCUT2D eigenvalue weighted by atomic mass is 16.5. The van der Waals surface area contributed by atoms with Crippen LogP contribution in [0.1, 0.15) is 66.3 Å². The first-order valence-electron chi connectivity index (χ1n) is 11.1. The van der Waals surface area contributed by atoms with Crippen LogP contribution < -0.4 is 10.2 Å². The van der Waals surface area contributed by atoms with E-state index >= 15 is 0 Å². The highest BCUT2D eigenvalue weighted by molar-refractivity contribution is 6.12. The van der Waals surface area contributed by atoms with Crippen molar-refractivity contribution in [2.75, 3.05) is 17.3 Å². The number of amides is 1. The predicted molar refractivity (Wildman–Crippen MR) is 128 cm³/mol. The molecule has 3 rings (SSSR count). The predicted octanol–water partition coefficient (Wildman–Crippen LogP) is 4.73. The minimum Gasteiger partial charge on any atom is -0.465 e. The number of anilines is 2. The average Bonchev–Trinajstić information content (AvgIpc) is 2.77. The zero-order valence-corrected chi connectivity index (χ0v) is 19.9. The van der Waals surface area contributed by atoms with Crippen molar-refractivity contribution in [1.82, 2.24) is 0 Å². The van der Waals surface area contributed by atoms with Gasteiger partial charge in [-0.1, -0.05) is 17.7 Å². The van der Waals surface area contributed by atoms with Crippen molar-refractivity contribution < 1.29 is 23.9 Å². The molecule has 2 atom stereocenters. The van der Waals surface area contributed by atoms with Gasteiger partial charge in [-0.25, -0.2) is 4.79 Å². The van der Waals surface area contributed by atoms with Crippen LogP contribution in [0, 0.1) is 6.92 Å². The molecule has 176 valence electrons. The van der Waals surface area contributed by atoms with Crippen molar-refractivity contribution >= 4 is 29.5 Å². The molecule has 1 N–H and O–H groups in total. The normalized spacial score (nSPS) is 16.6. The molecule has 1 amide bonds. The van der Waals surface area contributed by atoms with Crippen molar-refractivity contribution in [3.05, 3.63) is 59.2 Å². The van der Waals surface area contributed by atoms with E-state index in [4.69, 9.17) is 9.47 Å². The van der Waals surface area contributed by atoms with Crippen LogP contribution in [-0.4, -0.2) is 43.1 Å². The van der Waals surface area contributed by atoms with Crippen LogP contribution in [0.25, 0.3) is 0 Å². The summed E-state index contributed by atoms with van der Waals surface area (Å²) in [5.41, 5.74) is 2.72. The highest BCUT2D eigenvalue weighted by Crippen LogP contribution is 2.34. The Labute approximate surface area is 195 Å². The molecule has 7 nitrogen and oxygen atoms in total. The van der Waals surface area contributed by atoms with E-state index in [-0.39, 0.29) is 5.91 Å². The third kappa shape index (κ3) is 5.79. The number of esters is 1. The molecule has 0 saturated heterocycles. The number of benzene rings is 2. The number of carbonyl (C=O) groups excluding carboxylic acids is 3. The lowest BCUT2D eigenvalue weighted by atomic mass is 9.99. The molecule has 0 fully saturated rings. The number of methoxy groups -OCH3 is 1. The van der Waals surface area contributed by atoms with Crippen molar-refractivity contribution in [2.45, 2.75) is 64.8 Å². The lowest BCUT2D eigenvalue weighted by molar-refractivity contribution is -0.108. The van der Waals surface area contributed by atoms with E-state index in [0.717, 1.165) is 17.5 Å². The summed E-state index contributed by atoms with van der Waals surface area (Å²) < 4.78 is 11.2. The van der Waals surface area contributed by atoms with Crippen molar-refractivity contribution in [1.29, 1.82) is 0 Å². The molecule has 0 radical (unpaired) electrons. The van der Waals surface area contributed by atoms with Gasteiger partial charge in [0.15, 0.2) is 0 Å². The fourth-order valence-corrected chi connectivity index (χ4v) is 3.96. The number of hydrogen-bond acceptors (Lipinski definition) is 6. The van der Waals surface area contributed by atoms with Crippen LogP contribution >= 0.6 is 0 Å². The van der Waals surface area contributed by atoms with Gasteiger partial charge in [-0.05, 0) is 70.9 Å². The first-order valence-corrected chi connectivity index (χ1v) is 11.1. The Morgan fingerprint density at radius 3 is 2.48 bits per heavy atom. The van der Waals surface area contributed by atoms with Crippen LogP contribution in [-0.2, 0) is 14.3 Å². The van der Waals surface area contributed by atoms with Gasteiger partial charge < -0.3 is 19.6 Å². The van der Waals surface area contributed by atoms with E-state index in [1.165, 1.54) is 7.11 Å². The minimum atomic E-state index is -0.536. The third-order valence-corrected chi connectivity index (χ3v) is 5.45. The van der Waals surface area contributed by atoms with E-state index in [1.54, 1.807) is 23.1 Å². The Morgan fingerprint density at radius 2 is 1.88 bits per heavy atom. The molecular formula is C26H32N2O5. The zero-order chi connectivity index (χ0) is 24.2. The smallest absolute Gasteiger partial charge is 0.337 e. The fourth-order valence-electron chi connectivity index (χ4n) is 3.96. The summed E-state index contributed by atoms with van der Waals surface area (Å²) in [6.07, 6.45) is 1.58. The molecule has 7 heteroatoms. The second-order valence-electron chi connectivity index (χ2n) is 9.22. The Hall–Kier alpha value is -3.19. The molecule has 2 aromatic rings. The van der Waals surface area contributed by atoms with Gasteiger partial charge in [0.05, 0.1) is 29.9 Å². The highest BCUT2D eigenvalue weighted by Gasteiger charge is 2.40. The largest absolute Gasteiger partial charge is 0.465 e. The van der Waals surface area contributed by atoms with Crippen molar-refractivity contribution in [2.24, 2.45) is 0 Å². The van der Waals surface area contributed by atoms with Gasteiger partial charge in [-0.2, -0.15) is 0 Å². The second kappa shape index (κ2) is 10.2. The van der Waals surface area contributed by atoms with Crippen LogP contribution in [0.3, 0.4) is 0 Å². The summed E-state index contributed by atoms with van der Waals surface area (Å²) in [5, 5.41) is 3.44. The van der Waals surface area contributed by atoms with Gasteiger partial charge in [-0.3, -0.25) is 9.69 Å². The average molecular weight is 453 g/mol. The molecule has 0 aliphatic carbocycles. The minimum absolute atomic E-state index is 0.188. The molecule has 2 unspecified atom stereocenters. The maximum Gasteiger partial charge on any atom is 0.337 e. The maximum absolute atomic E-state index is 13.7. The first-order chi connectivity index (χ1) is 15.6. The van der Waals surface area contributed by atoms with Crippen LogP contribution in [0.2, 0.25) is 0 Å². The SMILES string of the molecule is COC(=O)c1ccc2c(c1)NC(C(CCCC=O)OC(C)(C)C)N(c1ccc(C)cc1)C2=O. The Balaban J connectivity index is 2.09. The number of unbranched alkanes of at least 4 members (excludes halogenated alkanes) is 1. The molecule has 0 saturated carbocycles. The van der Waals surface area contributed by atoms with Crippen molar-refractivity contribution in [3.63, 3.8) is 0 Å².